The van der Waals surface area contributed by atoms with Crippen LogP contribution in [0.3, 0.4) is 0 Å². The van der Waals surface area contributed by atoms with Gasteiger partial charge >= 0.3 is 5.97 Å². The molecule has 0 aromatic heterocycles. The zero-order chi connectivity index (χ0) is 19.5. The topological polar surface area (TPSA) is 66.0 Å². The van der Waals surface area contributed by atoms with Gasteiger partial charge in [0.25, 0.3) is 0 Å². The van der Waals surface area contributed by atoms with E-state index in [1.54, 1.807) is 7.05 Å². The number of carbonyl (C=O) groups excluding carboxylic acids is 1. The highest BCUT2D eigenvalue weighted by atomic mass is 127. The molecule has 1 heterocycles. The first kappa shape index (κ1) is 25.2. The Labute approximate surface area is 194 Å². The van der Waals surface area contributed by atoms with E-state index in [0.29, 0.717) is 25.6 Å². The minimum atomic E-state index is -0.139. The molecule has 2 N–H and O–H groups in total. The number of piperidine rings is 1. The molecule has 0 atom stereocenters. The zero-order valence-corrected chi connectivity index (χ0v) is 20.7. The highest BCUT2D eigenvalue weighted by molar-refractivity contribution is 14.0. The SMILES string of the molecule is CCOC(=O)CCCNC(=NC)NC1CCN(Cc2ccc(Br)cc2)CC1.I. The van der Waals surface area contributed by atoms with Crippen LogP contribution < -0.4 is 10.6 Å². The molecule has 1 fully saturated rings. The quantitative estimate of drug-likeness (QED) is 0.166. The van der Waals surface area contributed by atoms with E-state index in [2.05, 4.69) is 60.7 Å². The van der Waals surface area contributed by atoms with Gasteiger partial charge < -0.3 is 15.4 Å². The van der Waals surface area contributed by atoms with Crippen LogP contribution in [0.15, 0.2) is 33.7 Å². The Bertz CT molecular complexity index is 605. The highest BCUT2D eigenvalue weighted by Crippen LogP contribution is 2.16. The third-order valence-corrected chi connectivity index (χ3v) is 5.16. The zero-order valence-electron chi connectivity index (χ0n) is 16.7. The summed E-state index contributed by atoms with van der Waals surface area (Å²) in [5.41, 5.74) is 1.35. The van der Waals surface area contributed by atoms with Gasteiger partial charge in [-0.2, -0.15) is 0 Å². The first-order valence-electron chi connectivity index (χ1n) is 9.70. The number of ether oxygens (including phenoxy) is 1. The maximum absolute atomic E-state index is 11.3. The molecule has 2 rings (SSSR count). The van der Waals surface area contributed by atoms with Gasteiger partial charge in [0.15, 0.2) is 5.96 Å². The summed E-state index contributed by atoms with van der Waals surface area (Å²) >= 11 is 3.48. The summed E-state index contributed by atoms with van der Waals surface area (Å²) in [5, 5.41) is 6.78. The van der Waals surface area contributed by atoms with Crippen molar-refractivity contribution >= 4 is 51.8 Å². The molecule has 8 heteroatoms. The highest BCUT2D eigenvalue weighted by Gasteiger charge is 2.20. The number of benzene rings is 1. The van der Waals surface area contributed by atoms with Crippen LogP contribution in [0.1, 0.15) is 38.2 Å². The summed E-state index contributed by atoms with van der Waals surface area (Å²) in [5.74, 6) is 0.672. The molecule has 158 valence electrons. The Morgan fingerprint density at radius 2 is 1.96 bits per heavy atom. The fraction of sp³-hybridized carbons (Fsp3) is 0.600. The van der Waals surface area contributed by atoms with Crippen LogP contribution in [0, 0.1) is 0 Å². The average Bonchev–Trinajstić information content (AvgIpc) is 2.67. The third kappa shape index (κ3) is 9.56. The lowest BCUT2D eigenvalue weighted by atomic mass is 10.0. The first-order valence-corrected chi connectivity index (χ1v) is 10.5. The molecule has 0 radical (unpaired) electrons. The molecule has 0 aliphatic carbocycles. The molecule has 0 bridgehead atoms. The summed E-state index contributed by atoms with van der Waals surface area (Å²) in [7, 11) is 1.78. The first-order chi connectivity index (χ1) is 13.1. The van der Waals surface area contributed by atoms with Crippen LogP contribution in [0.2, 0.25) is 0 Å². The summed E-state index contributed by atoms with van der Waals surface area (Å²) in [6.07, 6.45) is 3.37. The van der Waals surface area contributed by atoms with Gasteiger partial charge in [0, 0.05) is 50.2 Å². The number of hydrogen-bond acceptors (Lipinski definition) is 4. The van der Waals surface area contributed by atoms with Gasteiger partial charge in [-0.1, -0.05) is 28.1 Å². The third-order valence-electron chi connectivity index (χ3n) is 4.63. The average molecular weight is 567 g/mol. The second kappa shape index (κ2) is 14.2. The number of halogens is 2. The van der Waals surface area contributed by atoms with E-state index >= 15 is 0 Å². The number of nitrogens with one attached hydrogen (secondary N) is 2. The molecule has 1 saturated heterocycles. The maximum atomic E-state index is 11.3. The molecular weight excluding hydrogens is 535 g/mol. The van der Waals surface area contributed by atoms with Crippen molar-refractivity contribution in [3.05, 3.63) is 34.3 Å². The van der Waals surface area contributed by atoms with Gasteiger partial charge in [0.1, 0.15) is 0 Å². The number of nitrogens with zero attached hydrogens (tertiary/aromatic N) is 2. The molecule has 6 nitrogen and oxygen atoms in total. The molecule has 28 heavy (non-hydrogen) atoms. The molecule has 0 amide bonds. The van der Waals surface area contributed by atoms with Crippen molar-refractivity contribution in [3.8, 4) is 0 Å². The predicted octanol–water partition coefficient (Wildman–Crippen LogP) is 3.54. The van der Waals surface area contributed by atoms with Crippen LogP contribution in [-0.4, -0.2) is 56.2 Å². The van der Waals surface area contributed by atoms with Gasteiger partial charge in [-0.3, -0.25) is 14.7 Å². The van der Waals surface area contributed by atoms with E-state index in [0.717, 1.165) is 49.3 Å². The summed E-state index contributed by atoms with van der Waals surface area (Å²) in [4.78, 5) is 18.1. The van der Waals surface area contributed by atoms with Gasteiger partial charge in [-0.25, -0.2) is 0 Å². The number of aliphatic imine (C=N–C) groups is 1. The van der Waals surface area contributed by atoms with Crippen LogP contribution in [-0.2, 0) is 16.1 Å². The molecular formula is C20H32BrIN4O2. The number of guanidine groups is 1. The Morgan fingerprint density at radius 1 is 1.29 bits per heavy atom. The lowest BCUT2D eigenvalue weighted by Crippen LogP contribution is -2.48. The normalized spacial score (nSPS) is 15.6. The second-order valence-electron chi connectivity index (χ2n) is 6.73. The minimum absolute atomic E-state index is 0. The largest absolute Gasteiger partial charge is 0.466 e. The van der Waals surface area contributed by atoms with E-state index in [-0.39, 0.29) is 29.9 Å². The smallest absolute Gasteiger partial charge is 0.305 e. The van der Waals surface area contributed by atoms with Gasteiger partial charge in [-0.15, -0.1) is 24.0 Å². The maximum Gasteiger partial charge on any atom is 0.305 e. The van der Waals surface area contributed by atoms with Crippen molar-refractivity contribution < 1.29 is 9.53 Å². The standard InChI is InChI=1S/C20H31BrN4O2.HI/c1-3-27-19(26)5-4-12-23-20(22-2)24-18-10-13-25(14-11-18)15-16-6-8-17(21)9-7-16;/h6-9,18H,3-5,10-15H2,1-2H3,(H2,22,23,24);1H. The lowest BCUT2D eigenvalue weighted by Gasteiger charge is -2.33. The Balaban J connectivity index is 0.00000392. The van der Waals surface area contributed by atoms with Crippen LogP contribution in [0.5, 0.6) is 0 Å². The van der Waals surface area contributed by atoms with E-state index in [1.165, 1.54) is 5.56 Å². The van der Waals surface area contributed by atoms with E-state index in [1.807, 2.05) is 6.92 Å². The van der Waals surface area contributed by atoms with Crippen molar-refractivity contribution in [1.29, 1.82) is 0 Å². The minimum Gasteiger partial charge on any atom is -0.466 e. The molecule has 1 aliphatic rings. The van der Waals surface area contributed by atoms with Gasteiger partial charge in [-0.05, 0) is 43.9 Å². The molecule has 1 aliphatic heterocycles. The molecule has 0 spiro atoms. The van der Waals surface area contributed by atoms with E-state index < -0.39 is 0 Å². The molecule has 1 aromatic rings. The van der Waals surface area contributed by atoms with Crippen LogP contribution >= 0.6 is 39.9 Å². The summed E-state index contributed by atoms with van der Waals surface area (Å²) in [6.45, 7) is 6.13. The molecule has 0 unspecified atom stereocenters. The van der Waals surface area contributed by atoms with Crippen molar-refractivity contribution in [3.63, 3.8) is 0 Å². The predicted molar refractivity (Wildman–Crippen MR) is 128 cm³/mol. The number of likely N-dealkylation sites (tertiary alicyclic amines) is 1. The molecule has 1 aromatic carbocycles. The number of hydrogen-bond donors (Lipinski definition) is 2. The van der Waals surface area contributed by atoms with Crippen molar-refractivity contribution in [1.82, 2.24) is 15.5 Å². The summed E-state index contributed by atoms with van der Waals surface area (Å²) in [6, 6.07) is 8.98. The Morgan fingerprint density at radius 3 is 2.57 bits per heavy atom. The fourth-order valence-electron chi connectivity index (χ4n) is 3.14. The van der Waals surface area contributed by atoms with E-state index in [9.17, 15) is 4.79 Å². The van der Waals surface area contributed by atoms with Crippen LogP contribution in [0.25, 0.3) is 0 Å². The van der Waals surface area contributed by atoms with Gasteiger partial charge in [0.2, 0.25) is 0 Å². The van der Waals surface area contributed by atoms with Gasteiger partial charge in [0.05, 0.1) is 6.61 Å². The fourth-order valence-corrected chi connectivity index (χ4v) is 3.41. The Hall–Kier alpha value is -0.870. The number of esters is 1. The van der Waals surface area contributed by atoms with E-state index in [4.69, 9.17) is 4.74 Å². The molecule has 0 saturated carbocycles. The Kier molecular flexibility index (Phi) is 12.7. The summed E-state index contributed by atoms with van der Waals surface area (Å²) < 4.78 is 6.06. The van der Waals surface area contributed by atoms with Crippen molar-refractivity contribution in [2.45, 2.75) is 45.2 Å². The number of rotatable bonds is 8. The number of carbonyl (C=O) groups is 1. The van der Waals surface area contributed by atoms with Crippen LogP contribution in [0.4, 0.5) is 0 Å². The second-order valence-corrected chi connectivity index (χ2v) is 7.64. The monoisotopic (exact) mass is 566 g/mol. The van der Waals surface area contributed by atoms with Crippen molar-refractivity contribution in [2.24, 2.45) is 4.99 Å². The lowest BCUT2D eigenvalue weighted by molar-refractivity contribution is -0.143. The van der Waals surface area contributed by atoms with Crippen molar-refractivity contribution in [2.75, 3.05) is 33.3 Å².